The lowest BCUT2D eigenvalue weighted by atomic mass is 10.1. The van der Waals surface area contributed by atoms with Crippen LogP contribution in [0, 0.1) is 11.8 Å². The summed E-state index contributed by atoms with van der Waals surface area (Å²) in [5, 5.41) is 7.93. The zero-order valence-corrected chi connectivity index (χ0v) is 11.9. The summed E-state index contributed by atoms with van der Waals surface area (Å²) < 4.78 is 2.07. The molecule has 0 saturated heterocycles. The predicted octanol–water partition coefficient (Wildman–Crippen LogP) is 2.25. The Hall–Kier alpha value is -0.900. The van der Waals surface area contributed by atoms with Crippen molar-refractivity contribution in [2.45, 2.75) is 59.0 Å². The van der Waals surface area contributed by atoms with Crippen molar-refractivity contribution >= 4 is 0 Å². The van der Waals surface area contributed by atoms with Gasteiger partial charge in [-0.3, -0.25) is 0 Å². The molecule has 1 fully saturated rings. The third kappa shape index (κ3) is 4.09. The Kier molecular flexibility index (Phi) is 4.75. The Morgan fingerprint density at radius 3 is 2.83 bits per heavy atom. The van der Waals surface area contributed by atoms with E-state index >= 15 is 0 Å². The highest BCUT2D eigenvalue weighted by Gasteiger charge is 2.26. The quantitative estimate of drug-likeness (QED) is 0.769. The van der Waals surface area contributed by atoms with Gasteiger partial charge in [-0.2, -0.15) is 5.10 Å². The van der Waals surface area contributed by atoms with Crippen LogP contribution < -0.4 is 5.32 Å². The van der Waals surface area contributed by atoms with Crippen molar-refractivity contribution in [1.82, 2.24) is 20.1 Å². The second kappa shape index (κ2) is 6.32. The average Bonchev–Trinajstić information content (AvgIpc) is 3.01. The fourth-order valence-electron chi connectivity index (χ4n) is 2.45. The minimum atomic E-state index is 0.567. The Bertz CT molecular complexity index is 354. The van der Waals surface area contributed by atoms with E-state index in [0.717, 1.165) is 31.3 Å². The molecule has 0 aliphatic heterocycles. The summed E-state index contributed by atoms with van der Waals surface area (Å²) in [6.07, 6.45) is 6.83. The zero-order chi connectivity index (χ0) is 13.0. The van der Waals surface area contributed by atoms with Crippen LogP contribution >= 0.6 is 0 Å². The third-order valence-corrected chi connectivity index (χ3v) is 3.47. The van der Waals surface area contributed by atoms with Crippen molar-refractivity contribution in [3.63, 3.8) is 0 Å². The first kappa shape index (κ1) is 13.5. The van der Waals surface area contributed by atoms with Crippen LogP contribution in [0.4, 0.5) is 0 Å². The van der Waals surface area contributed by atoms with Crippen molar-refractivity contribution < 1.29 is 0 Å². The standard InChI is InChI=1S/C14H26N4/c1-4-15-13(7-12-5-6-12)8-14-16-10-17-18(14)9-11(2)3/h10-13,15H,4-9H2,1-3H3. The molecule has 0 amide bonds. The minimum absolute atomic E-state index is 0.567. The maximum Gasteiger partial charge on any atom is 0.138 e. The van der Waals surface area contributed by atoms with E-state index in [1.807, 2.05) is 0 Å². The van der Waals surface area contributed by atoms with E-state index < -0.39 is 0 Å². The molecule has 1 atom stereocenters. The van der Waals surface area contributed by atoms with Crippen molar-refractivity contribution in [2.24, 2.45) is 11.8 Å². The molecule has 1 aliphatic carbocycles. The number of aromatic nitrogens is 3. The predicted molar refractivity (Wildman–Crippen MR) is 73.4 cm³/mol. The van der Waals surface area contributed by atoms with Gasteiger partial charge in [-0.25, -0.2) is 9.67 Å². The molecule has 1 aromatic rings. The fraction of sp³-hybridized carbons (Fsp3) is 0.857. The highest BCUT2D eigenvalue weighted by atomic mass is 15.3. The lowest BCUT2D eigenvalue weighted by molar-refractivity contribution is 0.422. The van der Waals surface area contributed by atoms with Gasteiger partial charge in [0.25, 0.3) is 0 Å². The first-order valence-corrected chi connectivity index (χ1v) is 7.29. The molecule has 2 rings (SSSR count). The summed E-state index contributed by atoms with van der Waals surface area (Å²) in [7, 11) is 0. The highest BCUT2D eigenvalue weighted by molar-refractivity contribution is 4.92. The molecular formula is C14H26N4. The Morgan fingerprint density at radius 1 is 1.44 bits per heavy atom. The fourth-order valence-corrected chi connectivity index (χ4v) is 2.45. The molecule has 1 N–H and O–H groups in total. The highest BCUT2D eigenvalue weighted by Crippen LogP contribution is 2.34. The van der Waals surface area contributed by atoms with Gasteiger partial charge in [-0.1, -0.05) is 33.6 Å². The van der Waals surface area contributed by atoms with E-state index in [1.54, 1.807) is 6.33 Å². The SMILES string of the molecule is CCNC(Cc1ncnn1CC(C)C)CC1CC1. The van der Waals surface area contributed by atoms with Crippen molar-refractivity contribution in [3.8, 4) is 0 Å². The van der Waals surface area contributed by atoms with E-state index in [-0.39, 0.29) is 0 Å². The monoisotopic (exact) mass is 250 g/mol. The number of hydrogen-bond donors (Lipinski definition) is 1. The summed E-state index contributed by atoms with van der Waals surface area (Å²) in [5.41, 5.74) is 0. The van der Waals surface area contributed by atoms with Crippen LogP contribution in [-0.4, -0.2) is 27.4 Å². The number of nitrogens with one attached hydrogen (secondary N) is 1. The number of rotatable bonds is 8. The summed E-state index contributed by atoms with van der Waals surface area (Å²) >= 11 is 0. The third-order valence-electron chi connectivity index (χ3n) is 3.47. The van der Waals surface area contributed by atoms with Gasteiger partial charge in [0.15, 0.2) is 0 Å². The second-order valence-corrected chi connectivity index (χ2v) is 5.89. The summed E-state index contributed by atoms with van der Waals surface area (Å²) in [6.45, 7) is 8.63. The Balaban J connectivity index is 1.94. The molecule has 1 unspecified atom stereocenters. The van der Waals surface area contributed by atoms with E-state index in [2.05, 4.69) is 40.9 Å². The van der Waals surface area contributed by atoms with Crippen LogP contribution in [0.5, 0.6) is 0 Å². The lowest BCUT2D eigenvalue weighted by Gasteiger charge is -2.18. The molecule has 1 heterocycles. The molecule has 0 bridgehead atoms. The molecule has 0 radical (unpaired) electrons. The molecular weight excluding hydrogens is 224 g/mol. The van der Waals surface area contributed by atoms with Gasteiger partial charge in [0, 0.05) is 19.0 Å². The molecule has 18 heavy (non-hydrogen) atoms. The van der Waals surface area contributed by atoms with Crippen LogP contribution in [0.2, 0.25) is 0 Å². The van der Waals surface area contributed by atoms with E-state index in [9.17, 15) is 0 Å². The zero-order valence-electron chi connectivity index (χ0n) is 11.9. The van der Waals surface area contributed by atoms with Gasteiger partial charge in [0.05, 0.1) is 0 Å². The van der Waals surface area contributed by atoms with Gasteiger partial charge >= 0.3 is 0 Å². The molecule has 0 aromatic carbocycles. The van der Waals surface area contributed by atoms with Gasteiger partial charge in [-0.05, 0) is 24.8 Å². The molecule has 1 saturated carbocycles. The summed E-state index contributed by atoms with van der Waals surface area (Å²) in [6, 6.07) is 0.567. The van der Waals surface area contributed by atoms with Crippen LogP contribution in [0.15, 0.2) is 6.33 Å². The minimum Gasteiger partial charge on any atom is -0.314 e. The van der Waals surface area contributed by atoms with E-state index in [1.165, 1.54) is 19.3 Å². The summed E-state index contributed by atoms with van der Waals surface area (Å²) in [4.78, 5) is 4.43. The van der Waals surface area contributed by atoms with Crippen LogP contribution in [0.1, 0.15) is 45.9 Å². The molecule has 1 aromatic heterocycles. The number of likely N-dealkylation sites (N-methyl/N-ethyl adjacent to an activating group) is 1. The number of hydrogen-bond acceptors (Lipinski definition) is 3. The molecule has 1 aliphatic rings. The lowest BCUT2D eigenvalue weighted by Crippen LogP contribution is -2.32. The smallest absolute Gasteiger partial charge is 0.138 e. The molecule has 0 spiro atoms. The molecule has 4 nitrogen and oxygen atoms in total. The van der Waals surface area contributed by atoms with Gasteiger partial charge in [-0.15, -0.1) is 0 Å². The Morgan fingerprint density at radius 2 is 2.22 bits per heavy atom. The van der Waals surface area contributed by atoms with Gasteiger partial charge in [0.1, 0.15) is 12.2 Å². The van der Waals surface area contributed by atoms with E-state index in [4.69, 9.17) is 0 Å². The maximum atomic E-state index is 4.43. The van der Waals surface area contributed by atoms with Crippen molar-refractivity contribution in [1.29, 1.82) is 0 Å². The first-order chi connectivity index (χ1) is 8.69. The van der Waals surface area contributed by atoms with Gasteiger partial charge < -0.3 is 5.32 Å². The normalized spacial score (nSPS) is 17.3. The van der Waals surface area contributed by atoms with E-state index in [0.29, 0.717) is 12.0 Å². The molecule has 102 valence electrons. The van der Waals surface area contributed by atoms with Crippen LogP contribution in [-0.2, 0) is 13.0 Å². The average molecular weight is 250 g/mol. The Labute approximate surface area is 110 Å². The maximum absolute atomic E-state index is 4.43. The van der Waals surface area contributed by atoms with Crippen molar-refractivity contribution in [2.75, 3.05) is 6.54 Å². The van der Waals surface area contributed by atoms with Crippen molar-refractivity contribution in [3.05, 3.63) is 12.2 Å². The second-order valence-electron chi connectivity index (χ2n) is 5.89. The van der Waals surface area contributed by atoms with Crippen LogP contribution in [0.25, 0.3) is 0 Å². The summed E-state index contributed by atoms with van der Waals surface area (Å²) in [5.74, 6) is 2.71. The van der Waals surface area contributed by atoms with Crippen LogP contribution in [0.3, 0.4) is 0 Å². The first-order valence-electron chi connectivity index (χ1n) is 7.29. The topological polar surface area (TPSA) is 42.7 Å². The van der Waals surface area contributed by atoms with Gasteiger partial charge in [0.2, 0.25) is 0 Å². The molecule has 4 heteroatoms. The number of nitrogens with zero attached hydrogens (tertiary/aromatic N) is 3. The largest absolute Gasteiger partial charge is 0.314 e.